The average molecular weight is 239 g/mol. The van der Waals surface area contributed by atoms with Gasteiger partial charge in [0, 0.05) is 5.88 Å². The molecule has 0 aromatic rings. The van der Waals surface area contributed by atoms with Gasteiger partial charge in [0.15, 0.2) is 0 Å². The Hall–Kier alpha value is -0.490. The molecule has 1 heteroatoms. The Morgan fingerprint density at radius 1 is 1.50 bits per heavy atom. The lowest BCUT2D eigenvalue weighted by Gasteiger charge is -2.43. The molecule has 3 atom stereocenters. The zero-order chi connectivity index (χ0) is 12.3. The second kappa shape index (κ2) is 5.23. The van der Waals surface area contributed by atoms with Crippen LogP contribution in [-0.2, 0) is 0 Å². The van der Waals surface area contributed by atoms with E-state index in [4.69, 9.17) is 11.6 Å². The van der Waals surface area contributed by atoms with Crippen molar-refractivity contribution in [2.45, 2.75) is 33.1 Å². The van der Waals surface area contributed by atoms with Crippen molar-refractivity contribution in [2.24, 2.45) is 17.3 Å². The van der Waals surface area contributed by atoms with Crippen LogP contribution in [0.1, 0.15) is 33.1 Å². The van der Waals surface area contributed by atoms with Crippen molar-refractivity contribution in [1.82, 2.24) is 0 Å². The third-order valence-electron chi connectivity index (χ3n) is 4.16. The first-order valence-electron chi connectivity index (χ1n) is 5.97. The zero-order valence-electron chi connectivity index (χ0n) is 10.6. The van der Waals surface area contributed by atoms with Crippen LogP contribution in [-0.4, -0.2) is 5.88 Å². The summed E-state index contributed by atoms with van der Waals surface area (Å²) in [5.41, 5.74) is 2.64. The summed E-state index contributed by atoms with van der Waals surface area (Å²) in [5.74, 6) is 1.66. The molecule has 0 unspecified atom stereocenters. The first kappa shape index (κ1) is 13.6. The fourth-order valence-corrected chi connectivity index (χ4v) is 3.04. The molecule has 1 saturated carbocycles. The minimum atomic E-state index is 0.203. The standard InChI is InChI=1S/C15H23Cl/c1-6-15(5)8-7-13(12(4)10-16)9-14(15)11(2)3/h6,13-14H,1-2,4,7-10H2,3,5H3/t13-,14+,15-/m1/s1. The molecule has 0 spiro atoms. The van der Waals surface area contributed by atoms with Crippen molar-refractivity contribution in [2.75, 3.05) is 5.88 Å². The highest BCUT2D eigenvalue weighted by Crippen LogP contribution is 2.48. The molecule has 0 amide bonds. The van der Waals surface area contributed by atoms with Gasteiger partial charge in [-0.25, -0.2) is 0 Å². The highest BCUT2D eigenvalue weighted by molar-refractivity contribution is 6.19. The maximum absolute atomic E-state index is 5.88. The maximum atomic E-state index is 5.88. The van der Waals surface area contributed by atoms with Gasteiger partial charge in [0.2, 0.25) is 0 Å². The van der Waals surface area contributed by atoms with Crippen molar-refractivity contribution >= 4 is 11.6 Å². The van der Waals surface area contributed by atoms with Crippen LogP contribution in [0.2, 0.25) is 0 Å². The summed E-state index contributed by atoms with van der Waals surface area (Å²) in [4.78, 5) is 0. The van der Waals surface area contributed by atoms with E-state index in [2.05, 4.69) is 39.7 Å². The van der Waals surface area contributed by atoms with Crippen molar-refractivity contribution in [3.63, 3.8) is 0 Å². The van der Waals surface area contributed by atoms with Crippen LogP contribution in [0.5, 0.6) is 0 Å². The summed E-state index contributed by atoms with van der Waals surface area (Å²) < 4.78 is 0. The molecule has 0 bridgehead atoms. The van der Waals surface area contributed by atoms with Crippen LogP contribution in [0, 0.1) is 17.3 Å². The second-order valence-corrected chi connectivity index (χ2v) is 5.64. The molecule has 0 aromatic heterocycles. The molecular formula is C15H23Cl. The molecule has 0 radical (unpaired) electrons. The van der Waals surface area contributed by atoms with Crippen molar-refractivity contribution in [3.05, 3.63) is 37.0 Å². The van der Waals surface area contributed by atoms with Crippen LogP contribution in [0.4, 0.5) is 0 Å². The molecule has 0 aliphatic heterocycles. The Morgan fingerprint density at radius 2 is 2.12 bits per heavy atom. The topological polar surface area (TPSA) is 0 Å². The molecule has 1 aliphatic carbocycles. The molecule has 0 saturated heterocycles. The molecule has 0 N–H and O–H groups in total. The van der Waals surface area contributed by atoms with E-state index in [1.54, 1.807) is 0 Å². The predicted molar refractivity (Wildman–Crippen MR) is 73.8 cm³/mol. The molecule has 0 heterocycles. The Kier molecular flexibility index (Phi) is 4.43. The van der Waals surface area contributed by atoms with Crippen molar-refractivity contribution in [1.29, 1.82) is 0 Å². The number of hydrogen-bond donors (Lipinski definition) is 0. The third kappa shape index (κ3) is 2.60. The SMILES string of the molecule is C=C[C@]1(C)CC[C@@H](C(=C)CCl)C[C@H]1C(=C)C. The number of halogens is 1. The van der Waals surface area contributed by atoms with Gasteiger partial charge in [-0.2, -0.15) is 0 Å². The molecule has 1 aliphatic rings. The van der Waals surface area contributed by atoms with Gasteiger partial charge in [-0.15, -0.1) is 18.2 Å². The van der Waals surface area contributed by atoms with Crippen LogP contribution in [0.3, 0.4) is 0 Å². The van der Waals surface area contributed by atoms with Gasteiger partial charge < -0.3 is 0 Å². The zero-order valence-corrected chi connectivity index (χ0v) is 11.3. The second-order valence-electron chi connectivity index (χ2n) is 5.37. The van der Waals surface area contributed by atoms with E-state index in [0.29, 0.717) is 17.7 Å². The largest absolute Gasteiger partial charge is 0.122 e. The molecule has 16 heavy (non-hydrogen) atoms. The Morgan fingerprint density at radius 3 is 2.56 bits per heavy atom. The fraction of sp³-hybridized carbons (Fsp3) is 0.600. The first-order valence-corrected chi connectivity index (χ1v) is 6.50. The summed E-state index contributed by atoms with van der Waals surface area (Å²) in [6.07, 6.45) is 5.57. The predicted octanol–water partition coefficient (Wildman–Crippen LogP) is 4.97. The Balaban J connectivity index is 2.85. The lowest BCUT2D eigenvalue weighted by Crippen LogP contribution is -2.34. The van der Waals surface area contributed by atoms with Crippen molar-refractivity contribution < 1.29 is 0 Å². The van der Waals surface area contributed by atoms with Gasteiger partial charge in [0.05, 0.1) is 0 Å². The van der Waals surface area contributed by atoms with Crippen molar-refractivity contribution in [3.8, 4) is 0 Å². The van der Waals surface area contributed by atoms with Crippen LogP contribution < -0.4 is 0 Å². The monoisotopic (exact) mass is 238 g/mol. The van der Waals surface area contributed by atoms with Gasteiger partial charge in [0.1, 0.15) is 0 Å². The van der Waals surface area contributed by atoms with Gasteiger partial charge in [0.25, 0.3) is 0 Å². The lowest BCUT2D eigenvalue weighted by atomic mass is 9.61. The van der Waals surface area contributed by atoms with Gasteiger partial charge in [-0.05, 0) is 43.4 Å². The van der Waals surface area contributed by atoms with E-state index >= 15 is 0 Å². The minimum absolute atomic E-state index is 0.203. The average Bonchev–Trinajstić information content (AvgIpc) is 2.28. The molecule has 90 valence electrons. The molecular weight excluding hydrogens is 216 g/mol. The fourth-order valence-electron chi connectivity index (χ4n) is 2.82. The van der Waals surface area contributed by atoms with E-state index < -0.39 is 0 Å². The molecule has 1 rings (SSSR count). The van der Waals surface area contributed by atoms with Gasteiger partial charge in [-0.3, -0.25) is 0 Å². The van der Waals surface area contributed by atoms with E-state index in [1.807, 2.05) is 0 Å². The van der Waals surface area contributed by atoms with E-state index in [0.717, 1.165) is 12.8 Å². The summed E-state index contributed by atoms with van der Waals surface area (Å²) in [6.45, 7) is 16.6. The first-order chi connectivity index (χ1) is 7.44. The Labute approximate surface area is 105 Å². The molecule has 1 fully saturated rings. The molecule has 0 nitrogen and oxygen atoms in total. The van der Waals surface area contributed by atoms with Gasteiger partial charge in [-0.1, -0.05) is 37.3 Å². The third-order valence-corrected chi connectivity index (χ3v) is 4.50. The van der Waals surface area contributed by atoms with Crippen LogP contribution in [0.25, 0.3) is 0 Å². The normalized spacial score (nSPS) is 34.4. The maximum Gasteiger partial charge on any atom is 0.0433 e. The number of allylic oxidation sites excluding steroid dienone is 3. The van der Waals surface area contributed by atoms with E-state index in [9.17, 15) is 0 Å². The van der Waals surface area contributed by atoms with E-state index in [-0.39, 0.29) is 5.41 Å². The van der Waals surface area contributed by atoms with Crippen LogP contribution in [0.15, 0.2) is 37.0 Å². The Bertz CT molecular complexity index is 303. The van der Waals surface area contributed by atoms with E-state index in [1.165, 1.54) is 17.6 Å². The number of rotatable bonds is 4. The number of hydrogen-bond acceptors (Lipinski definition) is 0. The quantitative estimate of drug-likeness (QED) is 0.479. The highest BCUT2D eigenvalue weighted by atomic mass is 35.5. The highest BCUT2D eigenvalue weighted by Gasteiger charge is 2.38. The minimum Gasteiger partial charge on any atom is -0.122 e. The number of alkyl halides is 1. The molecule has 0 aromatic carbocycles. The lowest BCUT2D eigenvalue weighted by molar-refractivity contribution is 0.170. The summed E-state index contributed by atoms with van der Waals surface area (Å²) in [5, 5.41) is 0. The smallest absolute Gasteiger partial charge is 0.0433 e. The van der Waals surface area contributed by atoms with Crippen LogP contribution >= 0.6 is 11.6 Å². The summed E-state index contributed by atoms with van der Waals surface area (Å²) >= 11 is 5.88. The van der Waals surface area contributed by atoms with Gasteiger partial charge >= 0.3 is 0 Å². The summed E-state index contributed by atoms with van der Waals surface area (Å²) in [7, 11) is 0. The summed E-state index contributed by atoms with van der Waals surface area (Å²) in [6, 6.07) is 0.